The van der Waals surface area contributed by atoms with Gasteiger partial charge in [-0.1, -0.05) is 53.9 Å². The zero-order valence-electron chi connectivity index (χ0n) is 18.0. The Morgan fingerprint density at radius 1 is 1.00 bits per heavy atom. The standard InChI is InChI=1S/C26H27Cl2N3O/c27-20-10-8-17(9-11-20)16-31-25-19(14-18-4-3-6-21(28)15-18)5-1-2-7-23(25)24(30-31)26(32)29-22-12-13-22/h3-4,6,8-11,15,19,22H,1-2,5,7,12-14,16H2,(H,29,32). The Hall–Kier alpha value is -2.30. The van der Waals surface area contributed by atoms with Crippen molar-refractivity contribution in [2.45, 2.75) is 63.5 Å². The molecule has 2 aliphatic rings. The maximum Gasteiger partial charge on any atom is 0.272 e. The molecule has 1 N–H and O–H groups in total. The molecule has 166 valence electrons. The van der Waals surface area contributed by atoms with Gasteiger partial charge in [0.05, 0.1) is 6.54 Å². The Balaban J connectivity index is 1.54. The zero-order valence-corrected chi connectivity index (χ0v) is 19.5. The van der Waals surface area contributed by atoms with E-state index >= 15 is 0 Å². The second-order valence-corrected chi connectivity index (χ2v) is 9.89. The van der Waals surface area contributed by atoms with Crippen molar-refractivity contribution in [2.75, 3.05) is 0 Å². The van der Waals surface area contributed by atoms with Crippen molar-refractivity contribution < 1.29 is 4.79 Å². The maximum absolute atomic E-state index is 13.1. The van der Waals surface area contributed by atoms with Crippen LogP contribution in [0, 0.1) is 0 Å². The lowest BCUT2D eigenvalue weighted by atomic mass is 9.91. The van der Waals surface area contributed by atoms with Gasteiger partial charge in [0, 0.05) is 33.3 Å². The summed E-state index contributed by atoms with van der Waals surface area (Å²) in [6.45, 7) is 0.627. The predicted octanol–water partition coefficient (Wildman–Crippen LogP) is 6.18. The topological polar surface area (TPSA) is 46.9 Å². The third kappa shape index (κ3) is 4.87. The molecule has 0 radical (unpaired) electrons. The van der Waals surface area contributed by atoms with Crippen LogP contribution < -0.4 is 5.32 Å². The van der Waals surface area contributed by atoms with Gasteiger partial charge in [-0.05, 0) is 73.9 Å². The molecule has 32 heavy (non-hydrogen) atoms. The minimum Gasteiger partial charge on any atom is -0.348 e. The van der Waals surface area contributed by atoms with Crippen LogP contribution in [-0.2, 0) is 19.4 Å². The van der Waals surface area contributed by atoms with Crippen molar-refractivity contribution in [2.24, 2.45) is 0 Å². The highest BCUT2D eigenvalue weighted by atomic mass is 35.5. The smallest absolute Gasteiger partial charge is 0.272 e. The quantitative estimate of drug-likeness (QED) is 0.439. The Bertz CT molecular complexity index is 1120. The average Bonchev–Trinajstić information content (AvgIpc) is 3.55. The molecule has 1 unspecified atom stereocenters. The molecule has 4 nitrogen and oxygen atoms in total. The lowest BCUT2D eigenvalue weighted by Gasteiger charge is -2.19. The third-order valence-electron chi connectivity index (χ3n) is 6.45. The number of aromatic nitrogens is 2. The molecule has 6 heteroatoms. The summed E-state index contributed by atoms with van der Waals surface area (Å²) in [6.07, 6.45) is 7.22. The molecule has 0 aliphatic heterocycles. The van der Waals surface area contributed by atoms with Gasteiger partial charge in [0.15, 0.2) is 5.69 Å². The maximum atomic E-state index is 13.1. The molecule has 2 aromatic carbocycles. The number of carbonyl (C=O) groups excluding carboxylic acids is 1. The van der Waals surface area contributed by atoms with Gasteiger partial charge in [0.1, 0.15) is 0 Å². The average molecular weight is 468 g/mol. The molecule has 1 atom stereocenters. The first-order valence-electron chi connectivity index (χ1n) is 11.5. The van der Waals surface area contributed by atoms with Crippen LogP contribution >= 0.6 is 23.2 Å². The van der Waals surface area contributed by atoms with Crippen molar-refractivity contribution in [3.8, 4) is 0 Å². The van der Waals surface area contributed by atoms with Gasteiger partial charge in [-0.2, -0.15) is 5.10 Å². The number of amides is 1. The zero-order chi connectivity index (χ0) is 22.1. The lowest BCUT2D eigenvalue weighted by molar-refractivity contribution is 0.0944. The van der Waals surface area contributed by atoms with Crippen molar-refractivity contribution in [3.63, 3.8) is 0 Å². The predicted molar refractivity (Wildman–Crippen MR) is 129 cm³/mol. The molecule has 3 aromatic rings. The van der Waals surface area contributed by atoms with Crippen LogP contribution in [-0.4, -0.2) is 21.7 Å². The number of nitrogens with one attached hydrogen (secondary N) is 1. The fraction of sp³-hybridized carbons (Fsp3) is 0.385. The molecule has 5 rings (SSSR count). The highest BCUT2D eigenvalue weighted by molar-refractivity contribution is 6.30. The molecule has 1 amide bonds. The molecule has 2 aliphatic carbocycles. The third-order valence-corrected chi connectivity index (χ3v) is 6.94. The van der Waals surface area contributed by atoms with Gasteiger partial charge in [-0.3, -0.25) is 9.48 Å². The molecular formula is C26H27Cl2N3O. The molecule has 1 heterocycles. The highest BCUT2D eigenvalue weighted by Crippen LogP contribution is 2.36. The summed E-state index contributed by atoms with van der Waals surface area (Å²) < 4.78 is 2.07. The van der Waals surface area contributed by atoms with E-state index in [1.807, 2.05) is 42.5 Å². The Morgan fingerprint density at radius 2 is 1.81 bits per heavy atom. The van der Waals surface area contributed by atoms with Crippen molar-refractivity contribution in [1.82, 2.24) is 15.1 Å². The number of halogens is 2. The summed E-state index contributed by atoms with van der Waals surface area (Å²) in [6, 6.07) is 16.3. The number of hydrogen-bond donors (Lipinski definition) is 1. The monoisotopic (exact) mass is 467 g/mol. The van der Waals surface area contributed by atoms with Gasteiger partial charge in [0.2, 0.25) is 0 Å². The number of hydrogen-bond acceptors (Lipinski definition) is 2. The number of rotatable bonds is 6. The van der Waals surface area contributed by atoms with Gasteiger partial charge in [-0.15, -0.1) is 0 Å². The Morgan fingerprint density at radius 3 is 2.56 bits per heavy atom. The van der Waals surface area contributed by atoms with E-state index in [4.69, 9.17) is 28.3 Å². The highest BCUT2D eigenvalue weighted by Gasteiger charge is 2.32. The van der Waals surface area contributed by atoms with E-state index in [9.17, 15) is 4.79 Å². The van der Waals surface area contributed by atoms with E-state index in [0.29, 0.717) is 24.2 Å². The summed E-state index contributed by atoms with van der Waals surface area (Å²) >= 11 is 12.4. The fourth-order valence-electron chi connectivity index (χ4n) is 4.74. The minimum atomic E-state index is -0.0259. The van der Waals surface area contributed by atoms with Crippen LogP contribution in [0.2, 0.25) is 10.0 Å². The number of nitrogens with zero attached hydrogens (tertiary/aromatic N) is 2. The van der Waals surface area contributed by atoms with E-state index < -0.39 is 0 Å². The van der Waals surface area contributed by atoms with Gasteiger partial charge >= 0.3 is 0 Å². The summed E-state index contributed by atoms with van der Waals surface area (Å²) in [5.74, 6) is 0.273. The molecule has 0 bridgehead atoms. The van der Waals surface area contributed by atoms with Gasteiger partial charge < -0.3 is 5.32 Å². The first-order chi connectivity index (χ1) is 15.6. The molecule has 0 saturated heterocycles. The Kier molecular flexibility index (Phi) is 6.25. The number of benzene rings is 2. The molecule has 0 spiro atoms. The molecule has 1 saturated carbocycles. The summed E-state index contributed by atoms with van der Waals surface area (Å²) in [5, 5.41) is 9.51. The molecule has 1 fully saturated rings. The van der Waals surface area contributed by atoms with Gasteiger partial charge in [0.25, 0.3) is 5.91 Å². The number of carbonyl (C=O) groups is 1. The van der Waals surface area contributed by atoms with E-state index in [1.165, 1.54) is 11.3 Å². The van der Waals surface area contributed by atoms with Crippen LogP contribution in [0.3, 0.4) is 0 Å². The second-order valence-electron chi connectivity index (χ2n) is 9.02. The van der Waals surface area contributed by atoms with Crippen LogP contribution in [0.4, 0.5) is 0 Å². The Labute approximate surface area is 198 Å². The van der Waals surface area contributed by atoms with E-state index in [-0.39, 0.29) is 5.91 Å². The minimum absolute atomic E-state index is 0.0259. The summed E-state index contributed by atoms with van der Waals surface area (Å²) in [5.41, 5.74) is 5.29. The van der Waals surface area contributed by atoms with E-state index in [1.54, 1.807) is 0 Å². The largest absolute Gasteiger partial charge is 0.348 e. The van der Waals surface area contributed by atoms with E-state index in [2.05, 4.69) is 16.1 Å². The first-order valence-corrected chi connectivity index (χ1v) is 12.2. The summed E-state index contributed by atoms with van der Waals surface area (Å²) in [4.78, 5) is 13.1. The second kappa shape index (κ2) is 9.29. The van der Waals surface area contributed by atoms with Gasteiger partial charge in [-0.25, -0.2) is 0 Å². The van der Waals surface area contributed by atoms with Crippen molar-refractivity contribution in [1.29, 1.82) is 0 Å². The lowest BCUT2D eigenvalue weighted by Crippen LogP contribution is -2.27. The van der Waals surface area contributed by atoms with Crippen LogP contribution in [0.25, 0.3) is 0 Å². The fourth-order valence-corrected chi connectivity index (χ4v) is 5.08. The van der Waals surface area contributed by atoms with E-state index in [0.717, 1.165) is 66.1 Å². The first kappa shape index (κ1) is 21.5. The summed E-state index contributed by atoms with van der Waals surface area (Å²) in [7, 11) is 0. The number of fused-ring (bicyclic) bond motifs is 1. The van der Waals surface area contributed by atoms with Crippen LogP contribution in [0.15, 0.2) is 48.5 Å². The van der Waals surface area contributed by atoms with Crippen LogP contribution in [0.5, 0.6) is 0 Å². The molecular weight excluding hydrogens is 441 g/mol. The SMILES string of the molecule is O=C(NC1CC1)c1nn(Cc2ccc(Cl)cc2)c2c1CCCCC2Cc1cccc(Cl)c1. The normalized spacial score (nSPS) is 18.1. The van der Waals surface area contributed by atoms with Crippen molar-refractivity contribution >= 4 is 29.1 Å². The van der Waals surface area contributed by atoms with Crippen molar-refractivity contribution in [3.05, 3.63) is 86.7 Å². The van der Waals surface area contributed by atoms with Crippen LogP contribution in [0.1, 0.15) is 70.9 Å². The molecule has 1 aromatic heterocycles.